The minimum Gasteiger partial charge on any atom is -0.428 e. The zero-order valence-electron chi connectivity index (χ0n) is 6.49. The standard InChI is InChI=1S/C8H10N2O2/c9-8(11)12-6-10-7-4-2-1-3-5-7/h1-5,10H,6H2,(H2,9,11). The van der Waals surface area contributed by atoms with Crippen LogP contribution in [0.25, 0.3) is 0 Å². The van der Waals surface area contributed by atoms with Crippen molar-refractivity contribution in [2.75, 3.05) is 12.0 Å². The molecule has 0 radical (unpaired) electrons. The first-order valence-electron chi connectivity index (χ1n) is 3.50. The molecule has 0 atom stereocenters. The smallest absolute Gasteiger partial charge is 0.406 e. The summed E-state index contributed by atoms with van der Waals surface area (Å²) in [5, 5.41) is 2.85. The lowest BCUT2D eigenvalue weighted by atomic mass is 10.3. The van der Waals surface area contributed by atoms with Gasteiger partial charge in [-0.1, -0.05) is 18.2 Å². The largest absolute Gasteiger partial charge is 0.428 e. The van der Waals surface area contributed by atoms with E-state index in [2.05, 4.69) is 10.1 Å². The van der Waals surface area contributed by atoms with Crippen molar-refractivity contribution in [2.24, 2.45) is 5.73 Å². The van der Waals surface area contributed by atoms with Gasteiger partial charge in [0.25, 0.3) is 0 Å². The maximum Gasteiger partial charge on any atom is 0.406 e. The molecule has 1 amide bonds. The van der Waals surface area contributed by atoms with E-state index in [9.17, 15) is 4.79 Å². The summed E-state index contributed by atoms with van der Waals surface area (Å²) in [4.78, 5) is 10.1. The summed E-state index contributed by atoms with van der Waals surface area (Å²) in [5.41, 5.74) is 5.64. The van der Waals surface area contributed by atoms with Crippen LogP contribution in [0.4, 0.5) is 10.5 Å². The van der Waals surface area contributed by atoms with Crippen molar-refractivity contribution in [1.82, 2.24) is 0 Å². The zero-order valence-corrected chi connectivity index (χ0v) is 6.49. The molecule has 0 aromatic heterocycles. The van der Waals surface area contributed by atoms with Crippen molar-refractivity contribution in [3.8, 4) is 0 Å². The van der Waals surface area contributed by atoms with E-state index in [0.29, 0.717) is 0 Å². The molecule has 0 spiro atoms. The highest BCUT2D eigenvalue weighted by molar-refractivity contribution is 5.64. The zero-order chi connectivity index (χ0) is 8.81. The van der Waals surface area contributed by atoms with Gasteiger partial charge in [-0.25, -0.2) is 4.79 Å². The van der Waals surface area contributed by atoms with Crippen LogP contribution < -0.4 is 11.1 Å². The van der Waals surface area contributed by atoms with E-state index in [4.69, 9.17) is 5.73 Å². The van der Waals surface area contributed by atoms with Crippen LogP contribution in [0.3, 0.4) is 0 Å². The number of carbonyl (C=O) groups excluding carboxylic acids is 1. The molecule has 0 unspecified atom stereocenters. The van der Waals surface area contributed by atoms with Gasteiger partial charge in [0.1, 0.15) is 0 Å². The Labute approximate surface area is 70.3 Å². The Morgan fingerprint density at radius 3 is 2.67 bits per heavy atom. The van der Waals surface area contributed by atoms with Crippen LogP contribution in [0.15, 0.2) is 30.3 Å². The fraction of sp³-hybridized carbons (Fsp3) is 0.125. The van der Waals surface area contributed by atoms with Crippen molar-refractivity contribution >= 4 is 11.8 Å². The molecule has 0 aliphatic heterocycles. The summed E-state index contributed by atoms with van der Waals surface area (Å²) >= 11 is 0. The Bertz CT molecular complexity index is 248. The van der Waals surface area contributed by atoms with E-state index in [1.165, 1.54) is 0 Å². The quantitative estimate of drug-likeness (QED) is 0.662. The Kier molecular flexibility index (Phi) is 2.95. The molecule has 64 valence electrons. The van der Waals surface area contributed by atoms with Gasteiger partial charge in [0.05, 0.1) is 0 Å². The molecule has 4 nitrogen and oxygen atoms in total. The molecule has 0 saturated heterocycles. The summed E-state index contributed by atoms with van der Waals surface area (Å²) in [6, 6.07) is 9.40. The lowest BCUT2D eigenvalue weighted by molar-refractivity contribution is 0.165. The molecule has 0 bridgehead atoms. The molecule has 1 rings (SSSR count). The van der Waals surface area contributed by atoms with Crippen LogP contribution in [0.2, 0.25) is 0 Å². The van der Waals surface area contributed by atoms with Crippen molar-refractivity contribution < 1.29 is 9.53 Å². The van der Waals surface area contributed by atoms with E-state index >= 15 is 0 Å². The molecule has 12 heavy (non-hydrogen) atoms. The van der Waals surface area contributed by atoms with Crippen LogP contribution in [0, 0.1) is 0 Å². The van der Waals surface area contributed by atoms with Crippen molar-refractivity contribution in [3.63, 3.8) is 0 Å². The average Bonchev–Trinajstić information content (AvgIpc) is 2.05. The Balaban J connectivity index is 2.29. The van der Waals surface area contributed by atoms with Gasteiger partial charge >= 0.3 is 6.09 Å². The second-order valence-corrected chi connectivity index (χ2v) is 2.15. The Hall–Kier alpha value is -1.71. The van der Waals surface area contributed by atoms with Crippen LogP contribution in [-0.4, -0.2) is 12.8 Å². The predicted octanol–water partition coefficient (Wildman–Crippen LogP) is 1.15. The topological polar surface area (TPSA) is 64.4 Å². The van der Waals surface area contributed by atoms with E-state index in [1.807, 2.05) is 30.3 Å². The number of primary amides is 1. The minimum atomic E-state index is -0.779. The Morgan fingerprint density at radius 1 is 1.42 bits per heavy atom. The number of nitrogens with one attached hydrogen (secondary N) is 1. The van der Waals surface area contributed by atoms with Crippen molar-refractivity contribution in [1.29, 1.82) is 0 Å². The molecule has 1 aromatic carbocycles. The Morgan fingerprint density at radius 2 is 2.08 bits per heavy atom. The fourth-order valence-electron chi connectivity index (χ4n) is 0.747. The van der Waals surface area contributed by atoms with Gasteiger partial charge in [0, 0.05) is 5.69 Å². The summed E-state index contributed by atoms with van der Waals surface area (Å²) in [6.07, 6.45) is -0.779. The molecular formula is C8H10N2O2. The third-order valence-corrected chi connectivity index (χ3v) is 1.26. The van der Waals surface area contributed by atoms with Gasteiger partial charge in [0.2, 0.25) is 0 Å². The van der Waals surface area contributed by atoms with Gasteiger partial charge in [-0.2, -0.15) is 0 Å². The molecule has 0 aliphatic carbocycles. The number of benzene rings is 1. The lowest BCUT2D eigenvalue weighted by Gasteiger charge is -2.04. The minimum absolute atomic E-state index is 0.0966. The molecule has 0 aliphatic rings. The number of hydrogen-bond donors (Lipinski definition) is 2. The molecule has 0 heterocycles. The SMILES string of the molecule is NC(=O)OCNc1ccccc1. The molecule has 0 fully saturated rings. The predicted molar refractivity (Wildman–Crippen MR) is 45.6 cm³/mol. The molecule has 1 aromatic rings. The second kappa shape index (κ2) is 4.23. The molecular weight excluding hydrogens is 156 g/mol. The molecule has 4 heteroatoms. The van der Waals surface area contributed by atoms with E-state index < -0.39 is 6.09 Å². The van der Waals surface area contributed by atoms with Crippen molar-refractivity contribution in [3.05, 3.63) is 30.3 Å². The average molecular weight is 166 g/mol. The number of nitrogens with two attached hydrogens (primary N) is 1. The van der Waals surface area contributed by atoms with Crippen LogP contribution in [0.5, 0.6) is 0 Å². The first-order chi connectivity index (χ1) is 5.79. The molecule has 0 saturated carbocycles. The fourth-order valence-corrected chi connectivity index (χ4v) is 0.747. The van der Waals surface area contributed by atoms with Gasteiger partial charge in [0.15, 0.2) is 6.73 Å². The van der Waals surface area contributed by atoms with Crippen molar-refractivity contribution in [2.45, 2.75) is 0 Å². The first kappa shape index (κ1) is 8.39. The number of ether oxygens (including phenoxy) is 1. The highest BCUT2D eigenvalue weighted by atomic mass is 16.6. The number of carbonyl (C=O) groups is 1. The maximum absolute atomic E-state index is 10.1. The summed E-state index contributed by atoms with van der Waals surface area (Å²) in [7, 11) is 0. The summed E-state index contributed by atoms with van der Waals surface area (Å²) in [5.74, 6) is 0. The number of para-hydroxylation sites is 1. The number of anilines is 1. The van der Waals surface area contributed by atoms with Gasteiger partial charge in [-0.15, -0.1) is 0 Å². The van der Waals surface area contributed by atoms with Crippen LogP contribution >= 0.6 is 0 Å². The maximum atomic E-state index is 10.1. The normalized spacial score (nSPS) is 9.00. The van der Waals surface area contributed by atoms with E-state index in [-0.39, 0.29) is 6.73 Å². The van der Waals surface area contributed by atoms with Crippen LogP contribution in [0.1, 0.15) is 0 Å². The number of rotatable bonds is 3. The number of amides is 1. The third kappa shape index (κ3) is 2.92. The monoisotopic (exact) mass is 166 g/mol. The van der Waals surface area contributed by atoms with Crippen LogP contribution in [-0.2, 0) is 4.74 Å². The highest BCUT2D eigenvalue weighted by Crippen LogP contribution is 2.03. The van der Waals surface area contributed by atoms with Gasteiger partial charge in [-0.05, 0) is 12.1 Å². The molecule has 3 N–H and O–H groups in total. The van der Waals surface area contributed by atoms with Gasteiger partial charge in [-0.3, -0.25) is 0 Å². The second-order valence-electron chi connectivity index (χ2n) is 2.15. The van der Waals surface area contributed by atoms with E-state index in [0.717, 1.165) is 5.69 Å². The number of hydrogen-bond acceptors (Lipinski definition) is 3. The van der Waals surface area contributed by atoms with E-state index in [1.54, 1.807) is 0 Å². The summed E-state index contributed by atoms with van der Waals surface area (Å²) in [6.45, 7) is 0.0966. The van der Waals surface area contributed by atoms with Gasteiger partial charge < -0.3 is 15.8 Å². The highest BCUT2D eigenvalue weighted by Gasteiger charge is 1.91. The first-order valence-corrected chi connectivity index (χ1v) is 3.50. The third-order valence-electron chi connectivity index (χ3n) is 1.26. The lowest BCUT2D eigenvalue weighted by Crippen LogP contribution is -2.17. The summed E-state index contributed by atoms with van der Waals surface area (Å²) < 4.78 is 4.47.